The van der Waals surface area contributed by atoms with Crippen molar-refractivity contribution in [1.82, 2.24) is 4.98 Å². The van der Waals surface area contributed by atoms with Gasteiger partial charge in [0.2, 0.25) is 0 Å². The van der Waals surface area contributed by atoms with E-state index in [1.807, 2.05) is 12.1 Å². The van der Waals surface area contributed by atoms with Crippen molar-refractivity contribution >= 4 is 17.1 Å². The lowest BCUT2D eigenvalue weighted by molar-refractivity contribution is 0.0377. The molecule has 0 bridgehead atoms. The van der Waals surface area contributed by atoms with Gasteiger partial charge in [-0.05, 0) is 37.3 Å². The van der Waals surface area contributed by atoms with E-state index >= 15 is 0 Å². The number of hydrogen-bond acceptors (Lipinski definition) is 4. The monoisotopic (exact) mass is 285 g/mol. The minimum absolute atomic E-state index is 0.278. The molecule has 21 heavy (non-hydrogen) atoms. The molecule has 4 heteroatoms. The number of aromatic nitrogens is 1. The van der Waals surface area contributed by atoms with Gasteiger partial charge in [-0.25, -0.2) is 9.78 Å². The van der Waals surface area contributed by atoms with E-state index in [1.165, 1.54) is 32.1 Å². The molecule has 2 unspecified atom stereocenters. The van der Waals surface area contributed by atoms with Crippen LogP contribution in [-0.2, 0) is 4.74 Å². The maximum atomic E-state index is 12.4. The lowest BCUT2D eigenvalue weighted by Gasteiger charge is -2.21. The standard InChI is InChI=1S/C17H19NO3/c1-11-18-15-13(6-4-7-14(15)21-11)16(19)20-10-17-8-3-2-5-12(17)9-17/h4,6-7,12H,2-3,5,8-10H2,1H3. The van der Waals surface area contributed by atoms with Crippen LogP contribution in [0.15, 0.2) is 22.6 Å². The van der Waals surface area contributed by atoms with Crippen molar-refractivity contribution in [3.8, 4) is 0 Å². The van der Waals surface area contributed by atoms with Crippen LogP contribution in [0.2, 0.25) is 0 Å². The predicted molar refractivity (Wildman–Crippen MR) is 78.0 cm³/mol. The summed E-state index contributed by atoms with van der Waals surface area (Å²) in [6.07, 6.45) is 6.34. The molecule has 0 saturated heterocycles. The molecule has 2 fully saturated rings. The third-order valence-electron chi connectivity index (χ3n) is 5.07. The van der Waals surface area contributed by atoms with Gasteiger partial charge in [0.05, 0.1) is 12.2 Å². The van der Waals surface area contributed by atoms with E-state index in [-0.39, 0.29) is 5.97 Å². The first-order valence-corrected chi connectivity index (χ1v) is 7.71. The second kappa shape index (κ2) is 4.58. The van der Waals surface area contributed by atoms with Gasteiger partial charge in [0.1, 0.15) is 5.52 Å². The Bertz CT molecular complexity index is 705. The molecule has 2 aliphatic carbocycles. The molecule has 1 aromatic carbocycles. The highest BCUT2D eigenvalue weighted by Crippen LogP contribution is 2.61. The van der Waals surface area contributed by atoms with E-state index in [4.69, 9.17) is 9.15 Å². The molecule has 0 aliphatic heterocycles. The zero-order valence-electron chi connectivity index (χ0n) is 12.2. The number of esters is 1. The van der Waals surface area contributed by atoms with Crippen LogP contribution in [-0.4, -0.2) is 17.6 Å². The van der Waals surface area contributed by atoms with Crippen molar-refractivity contribution in [3.63, 3.8) is 0 Å². The Balaban J connectivity index is 1.51. The van der Waals surface area contributed by atoms with Crippen LogP contribution in [0.5, 0.6) is 0 Å². The Hall–Kier alpha value is -1.84. The maximum Gasteiger partial charge on any atom is 0.340 e. The molecular weight excluding hydrogens is 266 g/mol. The van der Waals surface area contributed by atoms with Gasteiger partial charge in [0.15, 0.2) is 11.5 Å². The molecular formula is C17H19NO3. The second-order valence-corrected chi connectivity index (χ2v) is 6.47. The highest BCUT2D eigenvalue weighted by atomic mass is 16.5. The molecule has 2 saturated carbocycles. The van der Waals surface area contributed by atoms with Gasteiger partial charge >= 0.3 is 5.97 Å². The molecule has 0 N–H and O–H groups in total. The number of rotatable bonds is 3. The number of carbonyl (C=O) groups is 1. The van der Waals surface area contributed by atoms with Gasteiger partial charge in [-0.3, -0.25) is 0 Å². The van der Waals surface area contributed by atoms with E-state index < -0.39 is 0 Å². The quantitative estimate of drug-likeness (QED) is 0.803. The number of para-hydroxylation sites is 1. The minimum atomic E-state index is -0.278. The highest BCUT2D eigenvalue weighted by Gasteiger charge is 2.55. The van der Waals surface area contributed by atoms with Gasteiger partial charge in [-0.1, -0.05) is 18.9 Å². The Labute approximate surface area is 123 Å². The number of benzene rings is 1. The molecule has 1 heterocycles. The molecule has 0 radical (unpaired) electrons. The minimum Gasteiger partial charge on any atom is -0.461 e. The van der Waals surface area contributed by atoms with Crippen molar-refractivity contribution in [2.75, 3.05) is 6.61 Å². The van der Waals surface area contributed by atoms with Crippen LogP contribution in [0.3, 0.4) is 0 Å². The van der Waals surface area contributed by atoms with Gasteiger partial charge < -0.3 is 9.15 Å². The van der Waals surface area contributed by atoms with Crippen LogP contribution in [0.4, 0.5) is 0 Å². The summed E-state index contributed by atoms with van der Waals surface area (Å²) in [5, 5.41) is 0. The van der Waals surface area contributed by atoms with Crippen molar-refractivity contribution < 1.29 is 13.9 Å². The SMILES string of the molecule is Cc1nc2c(C(=O)OCC34CCCCC3C4)cccc2o1. The van der Waals surface area contributed by atoms with Crippen molar-refractivity contribution in [2.24, 2.45) is 11.3 Å². The molecule has 0 spiro atoms. The maximum absolute atomic E-state index is 12.4. The van der Waals surface area contributed by atoms with E-state index in [9.17, 15) is 4.79 Å². The fourth-order valence-corrected chi connectivity index (χ4v) is 3.77. The van der Waals surface area contributed by atoms with E-state index in [0.29, 0.717) is 34.6 Å². The number of carbonyl (C=O) groups excluding carboxylic acids is 1. The van der Waals surface area contributed by atoms with Crippen LogP contribution < -0.4 is 0 Å². The molecule has 4 rings (SSSR count). The summed E-state index contributed by atoms with van der Waals surface area (Å²) in [4.78, 5) is 16.7. The summed E-state index contributed by atoms with van der Waals surface area (Å²) in [6.45, 7) is 2.34. The highest BCUT2D eigenvalue weighted by molar-refractivity contribution is 6.01. The van der Waals surface area contributed by atoms with E-state index in [0.717, 1.165) is 5.92 Å². The average molecular weight is 285 g/mol. The fourth-order valence-electron chi connectivity index (χ4n) is 3.77. The number of nitrogens with zero attached hydrogens (tertiary/aromatic N) is 1. The van der Waals surface area contributed by atoms with Gasteiger partial charge in [0, 0.05) is 12.3 Å². The van der Waals surface area contributed by atoms with Crippen molar-refractivity contribution in [1.29, 1.82) is 0 Å². The molecule has 2 atom stereocenters. The second-order valence-electron chi connectivity index (χ2n) is 6.47. The van der Waals surface area contributed by atoms with E-state index in [1.54, 1.807) is 13.0 Å². The average Bonchev–Trinajstić information content (AvgIpc) is 3.09. The third kappa shape index (κ3) is 2.13. The molecule has 2 aliphatic rings. The predicted octanol–water partition coefficient (Wildman–Crippen LogP) is 3.87. The zero-order chi connectivity index (χ0) is 14.4. The van der Waals surface area contributed by atoms with Gasteiger partial charge in [-0.2, -0.15) is 0 Å². The van der Waals surface area contributed by atoms with Crippen LogP contribution >= 0.6 is 0 Å². The number of ether oxygens (including phenoxy) is 1. The first-order valence-electron chi connectivity index (χ1n) is 7.71. The normalized spacial score (nSPS) is 27.4. The van der Waals surface area contributed by atoms with Gasteiger partial charge in [-0.15, -0.1) is 0 Å². The van der Waals surface area contributed by atoms with E-state index in [2.05, 4.69) is 4.98 Å². The van der Waals surface area contributed by atoms with Gasteiger partial charge in [0.25, 0.3) is 0 Å². The Morgan fingerprint density at radius 3 is 3.24 bits per heavy atom. The number of oxazole rings is 1. The summed E-state index contributed by atoms with van der Waals surface area (Å²) in [6, 6.07) is 5.39. The van der Waals surface area contributed by atoms with Crippen LogP contribution in [0.25, 0.3) is 11.1 Å². The molecule has 2 aromatic rings. The summed E-state index contributed by atoms with van der Waals surface area (Å²) >= 11 is 0. The lowest BCUT2D eigenvalue weighted by Crippen LogP contribution is -2.19. The lowest BCUT2D eigenvalue weighted by atomic mass is 9.89. The largest absolute Gasteiger partial charge is 0.461 e. The summed E-state index contributed by atoms with van der Waals surface area (Å²) < 4.78 is 11.1. The molecule has 0 amide bonds. The number of aryl methyl sites for hydroxylation is 1. The fraction of sp³-hybridized carbons (Fsp3) is 0.529. The summed E-state index contributed by atoms with van der Waals surface area (Å²) in [5.41, 5.74) is 2.05. The Kier molecular flexibility index (Phi) is 2.81. The molecule has 1 aromatic heterocycles. The smallest absolute Gasteiger partial charge is 0.340 e. The Morgan fingerprint density at radius 2 is 2.38 bits per heavy atom. The van der Waals surface area contributed by atoms with Crippen LogP contribution in [0.1, 0.15) is 48.4 Å². The number of hydrogen-bond donors (Lipinski definition) is 0. The first kappa shape index (κ1) is 12.9. The zero-order valence-corrected chi connectivity index (χ0v) is 12.2. The first-order chi connectivity index (χ1) is 10.2. The van der Waals surface area contributed by atoms with Crippen molar-refractivity contribution in [3.05, 3.63) is 29.7 Å². The third-order valence-corrected chi connectivity index (χ3v) is 5.07. The summed E-state index contributed by atoms with van der Waals surface area (Å²) in [5.74, 6) is 1.07. The molecule has 4 nitrogen and oxygen atoms in total. The number of fused-ring (bicyclic) bond motifs is 2. The molecule has 110 valence electrons. The Morgan fingerprint density at radius 1 is 1.48 bits per heavy atom. The summed E-state index contributed by atoms with van der Waals surface area (Å²) in [7, 11) is 0. The van der Waals surface area contributed by atoms with Crippen molar-refractivity contribution in [2.45, 2.75) is 39.0 Å². The topological polar surface area (TPSA) is 52.3 Å². The van der Waals surface area contributed by atoms with Crippen LogP contribution in [0, 0.1) is 18.3 Å².